The third-order valence-electron chi connectivity index (χ3n) is 2.86. The maximum Gasteiger partial charge on any atom is 0.316 e. The van der Waals surface area contributed by atoms with Crippen molar-refractivity contribution in [2.24, 2.45) is 0 Å². The molecule has 0 radical (unpaired) electrons. The number of aromatic nitrogens is 2. The van der Waals surface area contributed by atoms with E-state index < -0.39 is 17.5 Å². The van der Waals surface area contributed by atoms with Crippen LogP contribution >= 0.6 is 0 Å². The van der Waals surface area contributed by atoms with E-state index in [1.54, 1.807) is 6.92 Å². The average Bonchev–Trinajstić information content (AvgIpc) is 2.45. The highest BCUT2D eigenvalue weighted by atomic mass is 16.4. The van der Waals surface area contributed by atoms with Crippen LogP contribution in [0.2, 0.25) is 0 Å². The number of nitrogens with zero attached hydrogens (tertiary/aromatic N) is 1. The monoisotopic (exact) mass is 196 g/mol. The normalized spacial score (nSPS) is 31.1. The first-order valence-electron chi connectivity index (χ1n) is 4.48. The van der Waals surface area contributed by atoms with Crippen LogP contribution in [0.15, 0.2) is 6.33 Å². The van der Waals surface area contributed by atoms with E-state index in [4.69, 9.17) is 5.11 Å². The number of aliphatic hydroxyl groups excluding tert-OH is 1. The summed E-state index contributed by atoms with van der Waals surface area (Å²) in [4.78, 5) is 18.0. The number of aromatic amines is 1. The molecule has 0 aromatic carbocycles. The summed E-state index contributed by atoms with van der Waals surface area (Å²) in [6.07, 6.45) is 1.49. The maximum atomic E-state index is 11.1. The van der Waals surface area contributed by atoms with Gasteiger partial charge >= 0.3 is 5.97 Å². The summed E-state index contributed by atoms with van der Waals surface area (Å²) >= 11 is 0. The van der Waals surface area contributed by atoms with Crippen molar-refractivity contribution in [3.8, 4) is 0 Å². The number of imidazole rings is 1. The minimum absolute atomic E-state index is 0.258. The summed E-state index contributed by atoms with van der Waals surface area (Å²) < 4.78 is 0. The minimum atomic E-state index is -0.969. The molecular formula is C9H12N2O3. The second-order valence-electron chi connectivity index (χ2n) is 3.83. The van der Waals surface area contributed by atoms with Gasteiger partial charge in [-0.1, -0.05) is 0 Å². The van der Waals surface area contributed by atoms with E-state index in [1.807, 2.05) is 0 Å². The number of carboxylic acids is 1. The van der Waals surface area contributed by atoms with Crippen molar-refractivity contribution in [3.05, 3.63) is 17.7 Å². The minimum Gasteiger partial charge on any atom is -0.481 e. The van der Waals surface area contributed by atoms with E-state index in [0.717, 1.165) is 5.69 Å². The summed E-state index contributed by atoms with van der Waals surface area (Å²) in [6.45, 7) is 1.79. The fourth-order valence-electron chi connectivity index (χ4n) is 2.06. The molecule has 1 aromatic heterocycles. The molecule has 14 heavy (non-hydrogen) atoms. The molecule has 0 aliphatic heterocycles. The lowest BCUT2D eigenvalue weighted by Crippen LogP contribution is -2.51. The Morgan fingerprint density at radius 3 is 2.71 bits per heavy atom. The van der Waals surface area contributed by atoms with Crippen molar-refractivity contribution in [1.29, 1.82) is 0 Å². The van der Waals surface area contributed by atoms with E-state index in [-0.39, 0.29) is 12.8 Å². The van der Waals surface area contributed by atoms with Gasteiger partial charge in [0.2, 0.25) is 0 Å². The van der Waals surface area contributed by atoms with E-state index in [9.17, 15) is 9.90 Å². The third kappa shape index (κ3) is 1.05. The molecule has 0 atom stereocenters. The maximum absolute atomic E-state index is 11.1. The number of aliphatic hydroxyl groups is 1. The van der Waals surface area contributed by atoms with Crippen LogP contribution in [0.1, 0.15) is 24.2 Å². The number of aryl methyl sites for hydroxylation is 1. The van der Waals surface area contributed by atoms with E-state index in [0.29, 0.717) is 5.69 Å². The number of hydrogen-bond donors (Lipinski definition) is 3. The van der Waals surface area contributed by atoms with Crippen molar-refractivity contribution in [3.63, 3.8) is 0 Å². The average molecular weight is 196 g/mol. The Bertz CT molecular complexity index is 366. The molecule has 0 unspecified atom stereocenters. The van der Waals surface area contributed by atoms with Gasteiger partial charge in [-0.2, -0.15) is 0 Å². The Morgan fingerprint density at radius 1 is 1.71 bits per heavy atom. The Labute approximate surface area is 80.8 Å². The molecule has 76 valence electrons. The van der Waals surface area contributed by atoms with Crippen molar-refractivity contribution in [2.75, 3.05) is 0 Å². The van der Waals surface area contributed by atoms with Gasteiger partial charge in [0, 0.05) is 5.69 Å². The highest BCUT2D eigenvalue weighted by molar-refractivity contribution is 5.82. The third-order valence-corrected chi connectivity index (χ3v) is 2.86. The molecule has 0 spiro atoms. The predicted octanol–water partition coefficient (Wildman–Crippen LogP) is 0.195. The Morgan fingerprint density at radius 2 is 2.36 bits per heavy atom. The zero-order valence-electron chi connectivity index (χ0n) is 7.82. The molecule has 1 fully saturated rings. The van der Waals surface area contributed by atoms with Crippen LogP contribution in [0.5, 0.6) is 0 Å². The highest BCUT2D eigenvalue weighted by Gasteiger charge is 2.53. The summed E-state index contributed by atoms with van der Waals surface area (Å²) in [6, 6.07) is 0. The van der Waals surface area contributed by atoms with Gasteiger partial charge in [-0.15, -0.1) is 0 Å². The number of hydrogen-bond acceptors (Lipinski definition) is 3. The van der Waals surface area contributed by atoms with Gasteiger partial charge in [-0.25, -0.2) is 4.98 Å². The van der Waals surface area contributed by atoms with Gasteiger partial charge in [0.05, 0.1) is 18.1 Å². The Kier molecular flexibility index (Phi) is 1.85. The lowest BCUT2D eigenvalue weighted by Gasteiger charge is -2.40. The number of H-pyrrole nitrogens is 1. The number of nitrogens with one attached hydrogen (secondary N) is 1. The zero-order valence-corrected chi connectivity index (χ0v) is 7.82. The zero-order chi connectivity index (χ0) is 10.3. The second-order valence-corrected chi connectivity index (χ2v) is 3.83. The van der Waals surface area contributed by atoms with Crippen LogP contribution in [-0.4, -0.2) is 32.3 Å². The predicted molar refractivity (Wildman–Crippen MR) is 47.9 cm³/mol. The van der Waals surface area contributed by atoms with Crippen molar-refractivity contribution >= 4 is 5.97 Å². The summed E-state index contributed by atoms with van der Waals surface area (Å²) in [5.41, 5.74) is 0.346. The summed E-state index contributed by atoms with van der Waals surface area (Å²) in [7, 11) is 0. The molecule has 5 heteroatoms. The standard InChI is InChI=1S/C9H12N2O3/c1-5-7(11-4-10-5)9(8(13)14)2-6(12)3-9/h4,6,12H,2-3H2,1H3,(H,10,11)(H,13,14). The first kappa shape index (κ1) is 9.21. The lowest BCUT2D eigenvalue weighted by molar-refractivity contribution is -0.153. The van der Waals surface area contributed by atoms with Crippen LogP contribution < -0.4 is 0 Å². The Hall–Kier alpha value is -1.36. The van der Waals surface area contributed by atoms with Gasteiger partial charge in [0.15, 0.2) is 0 Å². The van der Waals surface area contributed by atoms with E-state index in [2.05, 4.69) is 9.97 Å². The molecule has 1 aliphatic rings. The van der Waals surface area contributed by atoms with Crippen LogP contribution in [0.4, 0.5) is 0 Å². The molecular weight excluding hydrogens is 184 g/mol. The SMILES string of the molecule is Cc1[nH]cnc1C1(C(=O)O)CC(O)C1. The fraction of sp³-hybridized carbons (Fsp3) is 0.556. The first-order chi connectivity index (χ1) is 6.56. The molecule has 0 amide bonds. The molecule has 1 heterocycles. The number of aliphatic carboxylic acids is 1. The highest BCUT2D eigenvalue weighted by Crippen LogP contribution is 2.44. The number of carbonyl (C=O) groups is 1. The molecule has 2 rings (SSSR count). The molecule has 3 N–H and O–H groups in total. The molecule has 1 aromatic rings. The molecule has 1 saturated carbocycles. The quantitative estimate of drug-likeness (QED) is 0.630. The van der Waals surface area contributed by atoms with Crippen molar-refractivity contribution in [1.82, 2.24) is 9.97 Å². The van der Waals surface area contributed by atoms with E-state index >= 15 is 0 Å². The lowest BCUT2D eigenvalue weighted by atomic mass is 9.64. The topological polar surface area (TPSA) is 86.2 Å². The summed E-state index contributed by atoms with van der Waals surface area (Å²) in [5, 5.41) is 18.4. The smallest absolute Gasteiger partial charge is 0.316 e. The summed E-state index contributed by atoms with van der Waals surface area (Å²) in [5.74, 6) is -0.905. The molecule has 5 nitrogen and oxygen atoms in total. The van der Waals surface area contributed by atoms with Gasteiger partial charge in [-0.05, 0) is 19.8 Å². The van der Waals surface area contributed by atoms with Gasteiger partial charge < -0.3 is 15.2 Å². The van der Waals surface area contributed by atoms with E-state index in [1.165, 1.54) is 6.33 Å². The molecule has 0 saturated heterocycles. The first-order valence-corrected chi connectivity index (χ1v) is 4.48. The van der Waals surface area contributed by atoms with Crippen molar-refractivity contribution in [2.45, 2.75) is 31.3 Å². The van der Waals surface area contributed by atoms with Crippen molar-refractivity contribution < 1.29 is 15.0 Å². The van der Waals surface area contributed by atoms with Gasteiger partial charge in [0.1, 0.15) is 5.41 Å². The molecule has 1 aliphatic carbocycles. The van der Waals surface area contributed by atoms with Gasteiger partial charge in [-0.3, -0.25) is 4.79 Å². The van der Waals surface area contributed by atoms with Crippen LogP contribution in [0.3, 0.4) is 0 Å². The van der Waals surface area contributed by atoms with Crippen LogP contribution in [0, 0.1) is 6.92 Å². The van der Waals surface area contributed by atoms with Gasteiger partial charge in [0.25, 0.3) is 0 Å². The number of carboxylic acid groups (broad SMARTS) is 1. The molecule has 0 bridgehead atoms. The Balaban J connectivity index is 2.39. The number of rotatable bonds is 2. The largest absolute Gasteiger partial charge is 0.481 e. The fourth-order valence-corrected chi connectivity index (χ4v) is 2.06. The van der Waals surface area contributed by atoms with Crippen LogP contribution in [-0.2, 0) is 10.2 Å². The van der Waals surface area contributed by atoms with Crippen LogP contribution in [0.25, 0.3) is 0 Å². The second kappa shape index (κ2) is 2.81.